The molecule has 2 aromatic carbocycles. The van der Waals surface area contributed by atoms with Crippen molar-refractivity contribution in [1.29, 1.82) is 0 Å². The molecule has 0 aromatic heterocycles. The summed E-state index contributed by atoms with van der Waals surface area (Å²) in [5.41, 5.74) is 0.804. The van der Waals surface area contributed by atoms with Crippen LogP contribution in [0.1, 0.15) is 40.0 Å². The molecule has 0 aliphatic carbocycles. The Balaban J connectivity index is 1.74. The van der Waals surface area contributed by atoms with Crippen LogP contribution in [0.4, 0.5) is 0 Å². The van der Waals surface area contributed by atoms with Crippen LogP contribution in [0.25, 0.3) is 0 Å². The van der Waals surface area contributed by atoms with Gasteiger partial charge in [0.15, 0.2) is 23.0 Å². The highest BCUT2D eigenvalue weighted by Gasteiger charge is 2.12. The zero-order valence-corrected chi connectivity index (χ0v) is 18.3. The normalized spacial score (nSPS) is 10.2. The number of unbranched alkanes of at least 4 members (excludes halogenated alkanes) is 2. The first kappa shape index (κ1) is 23.9. The summed E-state index contributed by atoms with van der Waals surface area (Å²) in [4.78, 5) is 23.2. The quantitative estimate of drug-likeness (QED) is 0.368. The van der Waals surface area contributed by atoms with Crippen LogP contribution < -0.4 is 18.9 Å². The van der Waals surface area contributed by atoms with Gasteiger partial charge in [0.05, 0.1) is 52.8 Å². The van der Waals surface area contributed by atoms with Crippen molar-refractivity contribution >= 4 is 11.9 Å². The average molecular weight is 432 g/mol. The predicted molar refractivity (Wildman–Crippen MR) is 114 cm³/mol. The van der Waals surface area contributed by atoms with Gasteiger partial charge in [-0.15, -0.1) is 0 Å². The number of esters is 2. The number of benzene rings is 2. The molecule has 0 unspecified atom stereocenters. The van der Waals surface area contributed by atoms with E-state index in [1.54, 1.807) is 36.4 Å². The molecule has 0 aliphatic rings. The Hall–Kier alpha value is -3.42. The Kier molecular flexibility index (Phi) is 9.48. The van der Waals surface area contributed by atoms with Crippen LogP contribution in [-0.4, -0.2) is 53.6 Å². The molecule has 0 radical (unpaired) electrons. The molecular formula is C23H28O8. The van der Waals surface area contributed by atoms with E-state index in [9.17, 15) is 9.59 Å². The van der Waals surface area contributed by atoms with Gasteiger partial charge in [0, 0.05) is 0 Å². The lowest BCUT2D eigenvalue weighted by Gasteiger charge is -2.13. The van der Waals surface area contributed by atoms with Gasteiger partial charge in [-0.2, -0.15) is 0 Å². The summed E-state index contributed by atoms with van der Waals surface area (Å²) in [6.45, 7) is 1.01. The number of hydrogen-bond acceptors (Lipinski definition) is 8. The Morgan fingerprint density at radius 1 is 0.613 bits per heavy atom. The number of hydrogen-bond donors (Lipinski definition) is 0. The fourth-order valence-corrected chi connectivity index (χ4v) is 2.81. The van der Waals surface area contributed by atoms with Crippen LogP contribution >= 0.6 is 0 Å². The van der Waals surface area contributed by atoms with E-state index < -0.39 is 11.9 Å². The van der Waals surface area contributed by atoms with Crippen LogP contribution in [0.15, 0.2) is 36.4 Å². The molecule has 0 bridgehead atoms. The minimum absolute atomic E-state index is 0.402. The Morgan fingerprint density at radius 3 is 1.39 bits per heavy atom. The minimum atomic E-state index is -0.429. The maximum atomic E-state index is 11.6. The zero-order chi connectivity index (χ0) is 22.6. The van der Waals surface area contributed by atoms with Crippen LogP contribution in [-0.2, 0) is 9.47 Å². The van der Waals surface area contributed by atoms with E-state index in [1.807, 2.05) is 0 Å². The van der Waals surface area contributed by atoms with E-state index in [4.69, 9.17) is 28.4 Å². The minimum Gasteiger partial charge on any atom is -0.493 e. The molecule has 0 heterocycles. The van der Waals surface area contributed by atoms with E-state index in [0.29, 0.717) is 47.3 Å². The molecule has 168 valence electrons. The maximum absolute atomic E-state index is 11.6. The first-order valence-corrected chi connectivity index (χ1v) is 9.82. The number of carbonyl (C=O) groups excluding carboxylic acids is 2. The topological polar surface area (TPSA) is 89.5 Å². The Morgan fingerprint density at radius 2 is 1.03 bits per heavy atom. The lowest BCUT2D eigenvalue weighted by Crippen LogP contribution is -2.05. The first-order valence-electron chi connectivity index (χ1n) is 9.82. The number of ether oxygens (including phenoxy) is 6. The number of methoxy groups -OCH3 is 4. The third-order valence-electron chi connectivity index (χ3n) is 4.47. The molecule has 2 rings (SSSR count). The highest BCUT2D eigenvalue weighted by atomic mass is 16.5. The van der Waals surface area contributed by atoms with E-state index >= 15 is 0 Å². The van der Waals surface area contributed by atoms with Gasteiger partial charge in [0.2, 0.25) is 0 Å². The second-order valence-electron chi connectivity index (χ2n) is 6.47. The van der Waals surface area contributed by atoms with E-state index in [1.165, 1.54) is 28.4 Å². The van der Waals surface area contributed by atoms with Gasteiger partial charge in [-0.1, -0.05) is 0 Å². The highest BCUT2D eigenvalue weighted by Crippen LogP contribution is 2.29. The lowest BCUT2D eigenvalue weighted by atomic mass is 10.2. The fourth-order valence-electron chi connectivity index (χ4n) is 2.81. The van der Waals surface area contributed by atoms with Crippen LogP contribution in [0.2, 0.25) is 0 Å². The number of rotatable bonds is 12. The Labute approximate surface area is 182 Å². The molecule has 0 fully saturated rings. The van der Waals surface area contributed by atoms with Crippen molar-refractivity contribution in [2.24, 2.45) is 0 Å². The second-order valence-corrected chi connectivity index (χ2v) is 6.47. The fraction of sp³-hybridized carbons (Fsp3) is 0.391. The SMILES string of the molecule is COC(=O)c1ccc(OCCCCCOc2ccc(C(=O)OC)cc2OC)c(OC)c1. The molecule has 8 nitrogen and oxygen atoms in total. The van der Waals surface area contributed by atoms with Crippen molar-refractivity contribution < 1.29 is 38.0 Å². The van der Waals surface area contributed by atoms with E-state index in [0.717, 1.165) is 19.3 Å². The summed E-state index contributed by atoms with van der Waals surface area (Å²) in [6.07, 6.45) is 2.54. The lowest BCUT2D eigenvalue weighted by molar-refractivity contribution is 0.0591. The van der Waals surface area contributed by atoms with Crippen molar-refractivity contribution in [1.82, 2.24) is 0 Å². The van der Waals surface area contributed by atoms with E-state index in [2.05, 4.69) is 0 Å². The summed E-state index contributed by atoms with van der Waals surface area (Å²) in [5.74, 6) is 1.24. The van der Waals surface area contributed by atoms with Crippen molar-refractivity contribution in [2.75, 3.05) is 41.7 Å². The summed E-state index contributed by atoms with van der Waals surface area (Å²) in [6, 6.07) is 9.84. The van der Waals surface area contributed by atoms with Crippen molar-refractivity contribution in [3.63, 3.8) is 0 Å². The predicted octanol–water partition coefficient (Wildman–Crippen LogP) is 3.91. The van der Waals surface area contributed by atoms with Crippen molar-refractivity contribution in [3.8, 4) is 23.0 Å². The molecule has 0 N–H and O–H groups in total. The summed E-state index contributed by atoms with van der Waals surface area (Å²) < 4.78 is 31.5. The standard InChI is InChI=1S/C23H28O8/c1-26-20-14-16(22(24)28-3)8-10-18(20)30-12-6-5-7-13-31-19-11-9-17(23(25)29-4)15-21(19)27-2/h8-11,14-15H,5-7,12-13H2,1-4H3. The van der Waals surface area contributed by atoms with Crippen LogP contribution in [0, 0.1) is 0 Å². The first-order chi connectivity index (χ1) is 15.0. The molecule has 8 heteroatoms. The van der Waals surface area contributed by atoms with Crippen molar-refractivity contribution in [3.05, 3.63) is 47.5 Å². The summed E-state index contributed by atoms with van der Waals surface area (Å²) >= 11 is 0. The molecule has 2 aromatic rings. The maximum Gasteiger partial charge on any atom is 0.337 e. The molecule has 31 heavy (non-hydrogen) atoms. The van der Waals surface area contributed by atoms with E-state index in [-0.39, 0.29) is 0 Å². The van der Waals surface area contributed by atoms with Gasteiger partial charge >= 0.3 is 11.9 Å². The third-order valence-corrected chi connectivity index (χ3v) is 4.47. The largest absolute Gasteiger partial charge is 0.493 e. The smallest absolute Gasteiger partial charge is 0.337 e. The van der Waals surface area contributed by atoms with Crippen LogP contribution in [0.5, 0.6) is 23.0 Å². The summed E-state index contributed by atoms with van der Waals surface area (Å²) in [5, 5.41) is 0. The van der Waals surface area contributed by atoms with Gasteiger partial charge < -0.3 is 28.4 Å². The van der Waals surface area contributed by atoms with Gasteiger partial charge in [-0.3, -0.25) is 0 Å². The van der Waals surface area contributed by atoms with Gasteiger partial charge in [0.25, 0.3) is 0 Å². The second kappa shape index (κ2) is 12.3. The molecule has 0 aliphatic heterocycles. The number of carbonyl (C=O) groups is 2. The average Bonchev–Trinajstić information content (AvgIpc) is 2.82. The molecular weight excluding hydrogens is 404 g/mol. The third kappa shape index (κ3) is 6.80. The van der Waals surface area contributed by atoms with Gasteiger partial charge in [0.1, 0.15) is 0 Å². The van der Waals surface area contributed by atoms with Gasteiger partial charge in [-0.25, -0.2) is 9.59 Å². The Bertz CT molecular complexity index is 806. The molecule has 0 spiro atoms. The monoisotopic (exact) mass is 432 g/mol. The zero-order valence-electron chi connectivity index (χ0n) is 18.3. The molecule has 0 saturated heterocycles. The highest BCUT2D eigenvalue weighted by molar-refractivity contribution is 5.90. The molecule has 0 atom stereocenters. The summed E-state index contributed by atoms with van der Waals surface area (Å²) in [7, 11) is 5.70. The molecule has 0 saturated carbocycles. The van der Waals surface area contributed by atoms with Crippen molar-refractivity contribution in [2.45, 2.75) is 19.3 Å². The van der Waals surface area contributed by atoms with Crippen LogP contribution in [0.3, 0.4) is 0 Å². The van der Waals surface area contributed by atoms with Gasteiger partial charge in [-0.05, 0) is 55.7 Å². The molecule has 0 amide bonds.